The Morgan fingerprint density at radius 3 is 2.71 bits per heavy atom. The predicted octanol–water partition coefficient (Wildman–Crippen LogP) is 2.07. The predicted molar refractivity (Wildman–Crippen MR) is 63.9 cm³/mol. The molecule has 2 atom stereocenters. The lowest BCUT2D eigenvalue weighted by molar-refractivity contribution is 0.0599. The minimum Gasteiger partial charge on any atom is -0.465 e. The van der Waals surface area contributed by atoms with Gasteiger partial charge in [0.15, 0.2) is 0 Å². The van der Waals surface area contributed by atoms with Crippen LogP contribution in [0.15, 0.2) is 10.5 Å². The summed E-state index contributed by atoms with van der Waals surface area (Å²) in [5, 5.41) is 0. The minimum absolute atomic E-state index is 0.159. The van der Waals surface area contributed by atoms with Crippen LogP contribution in [0.3, 0.4) is 0 Å². The second-order valence-corrected chi connectivity index (χ2v) is 5.25. The molecule has 2 N–H and O–H groups in total. The van der Waals surface area contributed by atoms with Crippen LogP contribution >= 0.6 is 0 Å². The van der Waals surface area contributed by atoms with Gasteiger partial charge in [-0.1, -0.05) is 13.8 Å². The summed E-state index contributed by atoms with van der Waals surface area (Å²) < 4.78 is 10.4. The van der Waals surface area contributed by atoms with Crippen molar-refractivity contribution in [3.05, 3.63) is 23.2 Å². The number of aryl methyl sites for hydroxylation is 1. The van der Waals surface area contributed by atoms with Crippen LogP contribution in [0.1, 0.15) is 41.6 Å². The van der Waals surface area contributed by atoms with E-state index < -0.39 is 0 Å². The lowest BCUT2D eigenvalue weighted by Gasteiger charge is -1.98. The molecule has 1 fully saturated rings. The molecule has 1 aliphatic carbocycles. The van der Waals surface area contributed by atoms with Gasteiger partial charge in [-0.25, -0.2) is 4.79 Å². The van der Waals surface area contributed by atoms with Crippen LogP contribution in [-0.4, -0.2) is 19.6 Å². The first kappa shape index (κ1) is 12.2. The number of ether oxygens (including phenoxy) is 1. The van der Waals surface area contributed by atoms with Crippen LogP contribution in [0.25, 0.3) is 0 Å². The van der Waals surface area contributed by atoms with Gasteiger partial charge in [-0.15, -0.1) is 0 Å². The number of furan rings is 1. The third-order valence-corrected chi connectivity index (χ3v) is 3.95. The normalized spacial score (nSPS) is 25.7. The molecule has 4 heteroatoms. The highest BCUT2D eigenvalue weighted by Gasteiger charge is 2.59. The van der Waals surface area contributed by atoms with E-state index in [1.807, 2.05) is 0 Å². The van der Waals surface area contributed by atoms with E-state index in [1.54, 1.807) is 13.0 Å². The van der Waals surface area contributed by atoms with Crippen LogP contribution in [0.5, 0.6) is 0 Å². The molecule has 0 radical (unpaired) electrons. The van der Waals surface area contributed by atoms with Gasteiger partial charge < -0.3 is 14.9 Å². The Bertz CT molecular complexity index is 448. The molecule has 0 spiro atoms. The topological polar surface area (TPSA) is 65.5 Å². The molecule has 0 aliphatic heterocycles. The highest BCUT2D eigenvalue weighted by molar-refractivity contribution is 5.90. The number of carbonyl (C=O) groups is 1. The number of hydrogen-bond donors (Lipinski definition) is 1. The highest BCUT2D eigenvalue weighted by atomic mass is 16.5. The van der Waals surface area contributed by atoms with Gasteiger partial charge in [-0.05, 0) is 30.9 Å². The van der Waals surface area contributed by atoms with E-state index in [1.165, 1.54) is 7.11 Å². The fourth-order valence-corrected chi connectivity index (χ4v) is 2.72. The van der Waals surface area contributed by atoms with Crippen molar-refractivity contribution in [2.45, 2.75) is 26.7 Å². The molecular formula is C13H19NO3. The lowest BCUT2D eigenvalue weighted by Crippen LogP contribution is -2.05. The van der Waals surface area contributed by atoms with Crippen molar-refractivity contribution >= 4 is 5.97 Å². The molecule has 0 aromatic carbocycles. The second kappa shape index (κ2) is 3.88. The molecule has 4 nitrogen and oxygen atoms in total. The van der Waals surface area contributed by atoms with Gasteiger partial charge >= 0.3 is 5.97 Å². The maximum atomic E-state index is 11.5. The maximum absolute atomic E-state index is 11.5. The molecule has 1 heterocycles. The maximum Gasteiger partial charge on any atom is 0.341 e. The summed E-state index contributed by atoms with van der Waals surface area (Å²) in [7, 11) is 1.37. The van der Waals surface area contributed by atoms with E-state index >= 15 is 0 Å². The number of esters is 1. The van der Waals surface area contributed by atoms with Crippen LogP contribution in [0, 0.1) is 18.3 Å². The van der Waals surface area contributed by atoms with Crippen molar-refractivity contribution in [2.24, 2.45) is 17.1 Å². The molecule has 1 aliphatic rings. The average molecular weight is 237 g/mol. The summed E-state index contributed by atoms with van der Waals surface area (Å²) in [5.41, 5.74) is 6.41. The zero-order chi connectivity index (χ0) is 12.8. The molecule has 94 valence electrons. The van der Waals surface area contributed by atoms with Gasteiger partial charge in [0.05, 0.1) is 7.11 Å². The zero-order valence-electron chi connectivity index (χ0n) is 10.7. The molecule has 1 aromatic rings. The Morgan fingerprint density at radius 1 is 1.59 bits per heavy atom. The number of rotatable bonds is 3. The van der Waals surface area contributed by atoms with E-state index in [0.717, 1.165) is 5.76 Å². The summed E-state index contributed by atoms with van der Waals surface area (Å²) in [5.74, 6) is 1.86. The Morgan fingerprint density at radius 2 is 2.24 bits per heavy atom. The Labute approximate surface area is 101 Å². The van der Waals surface area contributed by atoms with Gasteiger partial charge in [-0.3, -0.25) is 0 Å². The van der Waals surface area contributed by atoms with E-state index in [9.17, 15) is 4.79 Å². The Hall–Kier alpha value is -1.29. The Kier molecular flexibility index (Phi) is 2.78. The van der Waals surface area contributed by atoms with Crippen LogP contribution in [0.4, 0.5) is 0 Å². The van der Waals surface area contributed by atoms with Gasteiger partial charge in [0.1, 0.15) is 17.1 Å². The molecule has 1 aromatic heterocycles. The first-order chi connectivity index (χ1) is 7.93. The number of nitrogens with two attached hydrogens (primary N) is 1. The standard InChI is InChI=1S/C13H19NO3/c1-7-8(12(15)16-4)5-10(17-7)11-9(6-14)13(11,2)3/h5,9,11H,6,14H2,1-4H3/t9-,11+/m0/s1. The quantitative estimate of drug-likeness (QED) is 0.817. The smallest absolute Gasteiger partial charge is 0.341 e. The molecule has 0 amide bonds. The van der Waals surface area contributed by atoms with Crippen molar-refractivity contribution in [2.75, 3.05) is 13.7 Å². The van der Waals surface area contributed by atoms with Crippen molar-refractivity contribution in [1.29, 1.82) is 0 Å². The van der Waals surface area contributed by atoms with E-state index in [2.05, 4.69) is 13.8 Å². The lowest BCUT2D eigenvalue weighted by atomic mass is 10.1. The summed E-state index contributed by atoms with van der Waals surface area (Å²) in [6, 6.07) is 1.79. The van der Waals surface area contributed by atoms with Crippen LogP contribution < -0.4 is 5.73 Å². The molecule has 0 bridgehead atoms. The van der Waals surface area contributed by atoms with Crippen LogP contribution in [0.2, 0.25) is 0 Å². The van der Waals surface area contributed by atoms with E-state index in [0.29, 0.717) is 29.7 Å². The molecule has 0 unspecified atom stereocenters. The summed E-state index contributed by atoms with van der Waals surface area (Å²) in [4.78, 5) is 11.5. The minimum atomic E-state index is -0.347. The first-order valence-electron chi connectivity index (χ1n) is 5.82. The van der Waals surface area contributed by atoms with Crippen LogP contribution in [-0.2, 0) is 4.74 Å². The summed E-state index contributed by atoms with van der Waals surface area (Å²) in [6.45, 7) is 6.77. The fraction of sp³-hybridized carbons (Fsp3) is 0.615. The van der Waals surface area contributed by atoms with Gasteiger partial charge in [-0.2, -0.15) is 0 Å². The molecule has 2 rings (SSSR count). The van der Waals surface area contributed by atoms with Crippen molar-refractivity contribution in [3.63, 3.8) is 0 Å². The summed E-state index contributed by atoms with van der Waals surface area (Å²) >= 11 is 0. The van der Waals surface area contributed by atoms with E-state index in [4.69, 9.17) is 14.9 Å². The number of carbonyl (C=O) groups excluding carboxylic acids is 1. The molecule has 17 heavy (non-hydrogen) atoms. The third-order valence-electron chi connectivity index (χ3n) is 3.95. The molecule has 0 saturated heterocycles. The highest BCUT2D eigenvalue weighted by Crippen LogP contribution is 2.64. The molecule has 1 saturated carbocycles. The van der Waals surface area contributed by atoms with Crippen molar-refractivity contribution < 1.29 is 13.9 Å². The molecular weight excluding hydrogens is 218 g/mol. The van der Waals surface area contributed by atoms with Gasteiger partial charge in [0.25, 0.3) is 0 Å². The number of hydrogen-bond acceptors (Lipinski definition) is 4. The largest absolute Gasteiger partial charge is 0.465 e. The van der Waals surface area contributed by atoms with Gasteiger partial charge in [0.2, 0.25) is 0 Å². The van der Waals surface area contributed by atoms with Crippen molar-refractivity contribution in [1.82, 2.24) is 0 Å². The first-order valence-corrected chi connectivity index (χ1v) is 5.82. The number of methoxy groups -OCH3 is 1. The van der Waals surface area contributed by atoms with Crippen molar-refractivity contribution in [3.8, 4) is 0 Å². The SMILES string of the molecule is COC(=O)c1cc([C@H]2[C@H](CN)C2(C)C)oc1C. The zero-order valence-corrected chi connectivity index (χ0v) is 10.7. The Balaban J connectivity index is 2.28. The van der Waals surface area contributed by atoms with E-state index in [-0.39, 0.29) is 11.4 Å². The fourth-order valence-electron chi connectivity index (χ4n) is 2.72. The van der Waals surface area contributed by atoms with Gasteiger partial charge in [0, 0.05) is 5.92 Å². The average Bonchev–Trinajstić information content (AvgIpc) is 2.63. The monoisotopic (exact) mass is 237 g/mol. The third kappa shape index (κ3) is 1.76. The second-order valence-electron chi connectivity index (χ2n) is 5.25. The summed E-state index contributed by atoms with van der Waals surface area (Å²) in [6.07, 6.45) is 0.